The maximum Gasteiger partial charge on any atom is 0.329 e. The molecule has 1 aromatic rings. The first-order chi connectivity index (χ1) is 9.52. The largest absolute Gasteiger partial charge is 0.480 e. The Balaban J connectivity index is 2.16. The third-order valence-corrected chi connectivity index (χ3v) is 3.09. The maximum absolute atomic E-state index is 11.5. The average molecular weight is 281 g/mol. The predicted molar refractivity (Wildman–Crippen MR) is 71.8 cm³/mol. The lowest BCUT2D eigenvalue weighted by Crippen LogP contribution is -2.50. The second-order valence-corrected chi connectivity index (χ2v) is 5.03. The molecule has 7 nitrogen and oxygen atoms in total. The predicted octanol–water partition coefficient (Wildman–Crippen LogP) is 1.31. The first-order valence-corrected chi connectivity index (χ1v) is 6.60. The molecule has 2 N–H and O–H groups in total. The summed E-state index contributed by atoms with van der Waals surface area (Å²) in [7, 11) is 0. The minimum atomic E-state index is -1.05. The average Bonchev–Trinajstić information content (AvgIpc) is 2.39. The van der Waals surface area contributed by atoms with E-state index < -0.39 is 11.5 Å². The number of rotatable bonds is 5. The van der Waals surface area contributed by atoms with E-state index in [4.69, 9.17) is 9.47 Å². The number of carbonyl (C=O) groups is 1. The SMILES string of the molecule is CC(C)Oc1cncc(NC2(C(=O)O)CCOCC2)n1. The molecule has 2 heterocycles. The molecule has 110 valence electrons. The molecule has 0 spiro atoms. The minimum Gasteiger partial charge on any atom is -0.480 e. The molecule has 0 aliphatic carbocycles. The zero-order valence-corrected chi connectivity index (χ0v) is 11.6. The van der Waals surface area contributed by atoms with Gasteiger partial charge in [-0.2, -0.15) is 4.98 Å². The third-order valence-electron chi connectivity index (χ3n) is 3.09. The van der Waals surface area contributed by atoms with Crippen LogP contribution in [0.3, 0.4) is 0 Å². The van der Waals surface area contributed by atoms with Crippen LogP contribution >= 0.6 is 0 Å². The van der Waals surface area contributed by atoms with Gasteiger partial charge in [-0.3, -0.25) is 4.98 Å². The Bertz CT molecular complexity index is 472. The van der Waals surface area contributed by atoms with Gasteiger partial charge in [0.1, 0.15) is 11.4 Å². The van der Waals surface area contributed by atoms with Crippen molar-refractivity contribution < 1.29 is 19.4 Å². The van der Waals surface area contributed by atoms with Gasteiger partial charge in [-0.05, 0) is 13.8 Å². The summed E-state index contributed by atoms with van der Waals surface area (Å²) in [4.78, 5) is 19.8. The lowest BCUT2D eigenvalue weighted by Gasteiger charge is -2.34. The molecule has 0 bridgehead atoms. The zero-order chi connectivity index (χ0) is 14.6. The number of aliphatic carboxylic acids is 1. The van der Waals surface area contributed by atoms with Gasteiger partial charge in [-0.15, -0.1) is 0 Å². The smallest absolute Gasteiger partial charge is 0.329 e. The summed E-state index contributed by atoms with van der Waals surface area (Å²) in [5.74, 6) is -0.136. The Morgan fingerprint density at radius 2 is 2.15 bits per heavy atom. The van der Waals surface area contributed by atoms with Crippen molar-refractivity contribution >= 4 is 11.8 Å². The molecule has 1 fully saturated rings. The van der Waals surface area contributed by atoms with E-state index in [1.165, 1.54) is 12.4 Å². The van der Waals surface area contributed by atoms with Gasteiger partial charge in [0.2, 0.25) is 5.88 Å². The molecule has 0 radical (unpaired) electrons. The van der Waals surface area contributed by atoms with Crippen LogP contribution in [0.15, 0.2) is 12.4 Å². The van der Waals surface area contributed by atoms with E-state index in [1.54, 1.807) is 0 Å². The Labute approximate surface area is 117 Å². The van der Waals surface area contributed by atoms with Crippen LogP contribution in [-0.2, 0) is 9.53 Å². The van der Waals surface area contributed by atoms with E-state index in [0.717, 1.165) is 0 Å². The van der Waals surface area contributed by atoms with Gasteiger partial charge in [-0.25, -0.2) is 4.79 Å². The molecule has 20 heavy (non-hydrogen) atoms. The number of hydrogen-bond acceptors (Lipinski definition) is 6. The molecule has 0 aromatic carbocycles. The standard InChI is InChI=1S/C13H19N3O4/c1-9(2)20-11-8-14-7-10(15-11)16-13(12(17)18)3-5-19-6-4-13/h7-9H,3-6H2,1-2H3,(H,15,16)(H,17,18). The summed E-state index contributed by atoms with van der Waals surface area (Å²) < 4.78 is 10.7. The molecule has 1 aromatic heterocycles. The Hall–Kier alpha value is -1.89. The zero-order valence-electron chi connectivity index (χ0n) is 11.6. The second-order valence-electron chi connectivity index (χ2n) is 5.03. The highest BCUT2D eigenvalue weighted by atomic mass is 16.5. The molecule has 1 saturated heterocycles. The van der Waals surface area contributed by atoms with E-state index in [9.17, 15) is 9.90 Å². The minimum absolute atomic E-state index is 0.0175. The third kappa shape index (κ3) is 3.36. The number of carboxylic acid groups (broad SMARTS) is 1. The summed E-state index contributed by atoms with van der Waals surface area (Å²) >= 11 is 0. The van der Waals surface area contributed by atoms with Crippen LogP contribution in [0.4, 0.5) is 5.82 Å². The molecular weight excluding hydrogens is 262 g/mol. The normalized spacial score (nSPS) is 17.8. The van der Waals surface area contributed by atoms with E-state index >= 15 is 0 Å². The lowest BCUT2D eigenvalue weighted by atomic mass is 9.90. The quantitative estimate of drug-likeness (QED) is 0.840. The van der Waals surface area contributed by atoms with Crippen LogP contribution in [-0.4, -0.2) is 45.9 Å². The Morgan fingerprint density at radius 3 is 2.75 bits per heavy atom. The molecule has 0 atom stereocenters. The number of anilines is 1. The molecule has 0 amide bonds. The van der Waals surface area contributed by atoms with Crippen molar-refractivity contribution in [1.82, 2.24) is 9.97 Å². The van der Waals surface area contributed by atoms with Crippen molar-refractivity contribution in [2.24, 2.45) is 0 Å². The van der Waals surface area contributed by atoms with E-state index in [1.807, 2.05) is 13.8 Å². The maximum atomic E-state index is 11.5. The molecule has 1 aliphatic heterocycles. The van der Waals surface area contributed by atoms with Gasteiger partial charge >= 0.3 is 5.97 Å². The summed E-state index contributed by atoms with van der Waals surface area (Å²) in [6.45, 7) is 4.60. The molecule has 0 unspecified atom stereocenters. The van der Waals surface area contributed by atoms with Crippen molar-refractivity contribution in [1.29, 1.82) is 0 Å². The lowest BCUT2D eigenvalue weighted by molar-refractivity contribution is -0.145. The van der Waals surface area contributed by atoms with E-state index in [-0.39, 0.29) is 6.10 Å². The van der Waals surface area contributed by atoms with Crippen LogP contribution in [0.1, 0.15) is 26.7 Å². The van der Waals surface area contributed by atoms with Crippen LogP contribution in [0.2, 0.25) is 0 Å². The van der Waals surface area contributed by atoms with E-state index in [2.05, 4.69) is 15.3 Å². The summed E-state index contributed by atoms with van der Waals surface area (Å²) in [5, 5.41) is 12.4. The van der Waals surface area contributed by atoms with Crippen LogP contribution in [0.5, 0.6) is 5.88 Å². The number of nitrogens with zero attached hydrogens (tertiary/aromatic N) is 2. The van der Waals surface area contributed by atoms with Gasteiger partial charge in [-0.1, -0.05) is 0 Å². The van der Waals surface area contributed by atoms with Gasteiger partial charge in [0.15, 0.2) is 0 Å². The highest BCUT2D eigenvalue weighted by Gasteiger charge is 2.40. The first-order valence-electron chi connectivity index (χ1n) is 6.60. The summed E-state index contributed by atoms with van der Waals surface area (Å²) in [6, 6.07) is 0. The Kier molecular flexibility index (Phi) is 4.39. The summed E-state index contributed by atoms with van der Waals surface area (Å²) in [6.07, 6.45) is 3.75. The molecule has 2 rings (SSSR count). The monoisotopic (exact) mass is 281 g/mol. The van der Waals surface area contributed by atoms with Gasteiger partial charge in [0.25, 0.3) is 0 Å². The number of hydrogen-bond donors (Lipinski definition) is 2. The molecule has 7 heteroatoms. The van der Waals surface area contributed by atoms with Crippen molar-refractivity contribution in [2.45, 2.75) is 38.3 Å². The number of carboxylic acids is 1. The van der Waals surface area contributed by atoms with Crippen molar-refractivity contribution in [2.75, 3.05) is 18.5 Å². The van der Waals surface area contributed by atoms with Crippen LogP contribution in [0.25, 0.3) is 0 Å². The van der Waals surface area contributed by atoms with Gasteiger partial charge < -0.3 is 19.9 Å². The fourth-order valence-corrected chi connectivity index (χ4v) is 2.06. The highest BCUT2D eigenvalue weighted by Crippen LogP contribution is 2.26. The van der Waals surface area contributed by atoms with Gasteiger partial charge in [0, 0.05) is 26.1 Å². The fourth-order valence-electron chi connectivity index (χ4n) is 2.06. The van der Waals surface area contributed by atoms with Gasteiger partial charge in [0.05, 0.1) is 18.5 Å². The number of ether oxygens (including phenoxy) is 2. The topological polar surface area (TPSA) is 93.6 Å². The fraction of sp³-hybridized carbons (Fsp3) is 0.615. The van der Waals surface area contributed by atoms with Crippen LogP contribution < -0.4 is 10.1 Å². The van der Waals surface area contributed by atoms with E-state index in [0.29, 0.717) is 37.8 Å². The number of nitrogens with one attached hydrogen (secondary N) is 1. The van der Waals surface area contributed by atoms with Crippen LogP contribution in [0, 0.1) is 0 Å². The van der Waals surface area contributed by atoms with Crippen molar-refractivity contribution in [3.63, 3.8) is 0 Å². The molecular formula is C13H19N3O4. The molecule has 1 aliphatic rings. The van der Waals surface area contributed by atoms with Crippen molar-refractivity contribution in [3.8, 4) is 5.88 Å². The highest BCUT2D eigenvalue weighted by molar-refractivity contribution is 5.82. The number of aromatic nitrogens is 2. The second kappa shape index (κ2) is 6.04. The van der Waals surface area contributed by atoms with Crippen molar-refractivity contribution in [3.05, 3.63) is 12.4 Å². The molecule has 0 saturated carbocycles. The first kappa shape index (κ1) is 14.5. The summed E-state index contributed by atoms with van der Waals surface area (Å²) in [5.41, 5.74) is -1.05. The Morgan fingerprint density at radius 1 is 1.45 bits per heavy atom.